The van der Waals surface area contributed by atoms with Crippen molar-refractivity contribution < 1.29 is 4.39 Å². The number of alkyl halides is 1. The van der Waals surface area contributed by atoms with E-state index in [2.05, 4.69) is 15.9 Å². The van der Waals surface area contributed by atoms with Crippen LogP contribution in [0.4, 0.5) is 4.39 Å². The summed E-state index contributed by atoms with van der Waals surface area (Å²) in [5.41, 5.74) is 2.23. The summed E-state index contributed by atoms with van der Waals surface area (Å²) in [7, 11) is 0. The molecule has 0 aliphatic carbocycles. The second kappa shape index (κ2) is 5.27. The Hall–Kier alpha value is -0.0900. The van der Waals surface area contributed by atoms with Gasteiger partial charge in [0, 0.05) is 5.02 Å². The summed E-state index contributed by atoms with van der Waals surface area (Å²) in [5.74, 6) is -0.311. The first-order chi connectivity index (χ1) is 7.99. The molecule has 0 saturated carbocycles. The Labute approximate surface area is 121 Å². The fraction of sp³-hybridized carbons (Fsp3) is 0.167. The summed E-state index contributed by atoms with van der Waals surface area (Å²) >= 11 is 17.3. The van der Waals surface area contributed by atoms with Crippen LogP contribution >= 0.6 is 50.5 Å². The van der Waals surface area contributed by atoms with Gasteiger partial charge in [-0.1, -0.05) is 11.6 Å². The predicted octanol–water partition coefficient (Wildman–Crippen LogP) is 5.94. The van der Waals surface area contributed by atoms with Gasteiger partial charge >= 0.3 is 0 Å². The molecule has 0 bridgehead atoms. The topological polar surface area (TPSA) is 0 Å². The zero-order valence-electron chi connectivity index (χ0n) is 8.81. The Morgan fingerprint density at radius 1 is 1.35 bits per heavy atom. The molecule has 0 saturated heterocycles. The number of benzene rings is 1. The Morgan fingerprint density at radius 3 is 2.65 bits per heavy atom. The van der Waals surface area contributed by atoms with E-state index in [1.54, 1.807) is 24.3 Å². The third-order valence-corrected chi connectivity index (χ3v) is 4.77. The molecule has 17 heavy (non-hydrogen) atoms. The minimum absolute atomic E-state index is 0.311. The van der Waals surface area contributed by atoms with Crippen molar-refractivity contribution in [2.75, 3.05) is 0 Å². The first-order valence-electron chi connectivity index (χ1n) is 4.82. The summed E-state index contributed by atoms with van der Waals surface area (Å²) < 4.78 is 14.3. The number of hydrogen-bond acceptors (Lipinski definition) is 1. The maximum absolute atomic E-state index is 13.3. The van der Waals surface area contributed by atoms with Crippen molar-refractivity contribution in [3.63, 3.8) is 0 Å². The highest BCUT2D eigenvalue weighted by Gasteiger charge is 2.17. The summed E-state index contributed by atoms with van der Waals surface area (Å²) in [6.07, 6.45) is 0. The lowest BCUT2D eigenvalue weighted by molar-refractivity contribution is 0.618. The zero-order chi connectivity index (χ0) is 12.6. The van der Waals surface area contributed by atoms with Crippen LogP contribution in [0, 0.1) is 12.7 Å². The fourth-order valence-corrected chi connectivity index (χ4v) is 3.41. The van der Waals surface area contributed by atoms with E-state index in [-0.39, 0.29) is 11.2 Å². The second-order valence-electron chi connectivity index (χ2n) is 3.67. The highest BCUT2D eigenvalue weighted by molar-refractivity contribution is 9.11. The van der Waals surface area contributed by atoms with Crippen LogP contribution in [0.25, 0.3) is 0 Å². The summed E-state index contributed by atoms with van der Waals surface area (Å²) in [6.45, 7) is 1.70. The fourth-order valence-electron chi connectivity index (χ4n) is 1.51. The van der Waals surface area contributed by atoms with Crippen molar-refractivity contribution in [3.05, 3.63) is 54.9 Å². The van der Waals surface area contributed by atoms with Gasteiger partial charge in [-0.3, -0.25) is 0 Å². The molecule has 90 valence electrons. The standard InChI is InChI=1S/C12H8BrCl2FS/c1-6-2-8(9(14)4-10(6)16)12(15)7-3-11(13)17-5-7/h2-5,12H,1H3. The van der Waals surface area contributed by atoms with Crippen molar-refractivity contribution >= 4 is 50.5 Å². The van der Waals surface area contributed by atoms with Crippen LogP contribution in [0.1, 0.15) is 22.1 Å². The molecule has 5 heteroatoms. The number of hydrogen-bond donors (Lipinski definition) is 0. The molecule has 0 fully saturated rings. The molecule has 0 aliphatic rings. The van der Waals surface area contributed by atoms with Crippen molar-refractivity contribution in [1.29, 1.82) is 0 Å². The Kier molecular flexibility index (Phi) is 4.14. The third kappa shape index (κ3) is 2.84. The monoisotopic (exact) mass is 352 g/mol. The van der Waals surface area contributed by atoms with Crippen molar-refractivity contribution in [3.8, 4) is 0 Å². The second-order valence-corrected chi connectivity index (χ2v) is 6.80. The van der Waals surface area contributed by atoms with E-state index < -0.39 is 0 Å². The van der Waals surface area contributed by atoms with E-state index >= 15 is 0 Å². The van der Waals surface area contributed by atoms with Gasteiger partial charge in [-0.2, -0.15) is 0 Å². The first kappa shape index (κ1) is 13.3. The van der Waals surface area contributed by atoms with E-state index in [1.165, 1.54) is 6.07 Å². The van der Waals surface area contributed by atoms with Crippen molar-refractivity contribution in [1.82, 2.24) is 0 Å². The van der Waals surface area contributed by atoms with Gasteiger partial charge in [0.25, 0.3) is 0 Å². The van der Waals surface area contributed by atoms with Crippen LogP contribution in [0.2, 0.25) is 5.02 Å². The van der Waals surface area contributed by atoms with Crippen LogP contribution in [0.3, 0.4) is 0 Å². The number of thiophene rings is 1. The van der Waals surface area contributed by atoms with E-state index in [4.69, 9.17) is 23.2 Å². The number of rotatable bonds is 2. The van der Waals surface area contributed by atoms with Crippen LogP contribution in [-0.4, -0.2) is 0 Å². The lowest BCUT2D eigenvalue weighted by atomic mass is 10.0. The van der Waals surface area contributed by atoms with Crippen LogP contribution in [0.15, 0.2) is 27.4 Å². The molecule has 2 aromatic rings. The minimum atomic E-state index is -0.357. The van der Waals surface area contributed by atoms with Gasteiger partial charge in [0.2, 0.25) is 0 Å². The molecule has 0 radical (unpaired) electrons. The molecular weight excluding hydrogens is 346 g/mol. The number of halogens is 4. The van der Waals surface area contributed by atoms with E-state index in [0.717, 1.165) is 14.9 Å². The normalized spacial score (nSPS) is 12.8. The van der Waals surface area contributed by atoms with Crippen LogP contribution < -0.4 is 0 Å². The van der Waals surface area contributed by atoms with Gasteiger partial charge in [-0.25, -0.2) is 4.39 Å². The van der Waals surface area contributed by atoms with Gasteiger partial charge in [0.05, 0.1) is 9.16 Å². The number of aryl methyl sites for hydroxylation is 1. The molecule has 1 aromatic heterocycles. The molecule has 1 atom stereocenters. The lowest BCUT2D eigenvalue weighted by Crippen LogP contribution is -1.95. The van der Waals surface area contributed by atoms with Gasteiger partial charge in [0.15, 0.2) is 0 Å². The Bertz CT molecular complexity index is 553. The average Bonchev–Trinajstić information content (AvgIpc) is 2.69. The molecule has 0 N–H and O–H groups in total. The molecule has 1 heterocycles. The Balaban J connectivity index is 2.43. The quantitative estimate of drug-likeness (QED) is 0.586. The van der Waals surface area contributed by atoms with E-state index in [1.807, 2.05) is 11.4 Å². The summed E-state index contributed by atoms with van der Waals surface area (Å²) in [4.78, 5) is 0. The maximum Gasteiger partial charge on any atom is 0.127 e. The largest absolute Gasteiger partial charge is 0.207 e. The molecule has 0 nitrogen and oxygen atoms in total. The smallest absolute Gasteiger partial charge is 0.127 e. The molecular formula is C12H8BrCl2FS. The van der Waals surface area contributed by atoms with Gasteiger partial charge < -0.3 is 0 Å². The van der Waals surface area contributed by atoms with Crippen LogP contribution in [-0.2, 0) is 0 Å². The van der Waals surface area contributed by atoms with Crippen LogP contribution in [0.5, 0.6) is 0 Å². The van der Waals surface area contributed by atoms with Crippen molar-refractivity contribution in [2.45, 2.75) is 12.3 Å². The highest BCUT2D eigenvalue weighted by atomic mass is 79.9. The molecule has 0 aliphatic heterocycles. The predicted molar refractivity (Wildman–Crippen MR) is 75.9 cm³/mol. The van der Waals surface area contributed by atoms with E-state index in [9.17, 15) is 4.39 Å². The van der Waals surface area contributed by atoms with Gasteiger partial charge in [0.1, 0.15) is 5.82 Å². The minimum Gasteiger partial charge on any atom is -0.207 e. The Morgan fingerprint density at radius 2 is 2.06 bits per heavy atom. The third-order valence-electron chi connectivity index (χ3n) is 2.43. The summed E-state index contributed by atoms with van der Waals surface area (Å²) in [6, 6.07) is 4.95. The molecule has 0 amide bonds. The maximum atomic E-state index is 13.3. The average molecular weight is 354 g/mol. The van der Waals surface area contributed by atoms with Gasteiger partial charge in [-0.15, -0.1) is 22.9 Å². The SMILES string of the molecule is Cc1cc(C(Cl)c2csc(Br)c2)c(Cl)cc1F. The highest BCUT2D eigenvalue weighted by Crippen LogP contribution is 2.37. The molecule has 1 aromatic carbocycles. The van der Waals surface area contributed by atoms with Gasteiger partial charge in [-0.05, 0) is 63.1 Å². The summed E-state index contributed by atoms with van der Waals surface area (Å²) in [5, 5.41) is 1.95. The molecule has 1 unspecified atom stereocenters. The zero-order valence-corrected chi connectivity index (χ0v) is 12.7. The lowest BCUT2D eigenvalue weighted by Gasteiger charge is -2.11. The van der Waals surface area contributed by atoms with E-state index in [0.29, 0.717) is 10.6 Å². The molecule has 2 rings (SSSR count). The first-order valence-corrected chi connectivity index (χ1v) is 7.31. The molecule has 0 spiro atoms. The van der Waals surface area contributed by atoms with Crippen molar-refractivity contribution in [2.24, 2.45) is 0 Å².